The molecule has 0 fully saturated rings. The molecule has 1 amide bonds. The molecule has 25 heavy (non-hydrogen) atoms. The molecule has 0 aliphatic heterocycles. The van der Waals surface area contributed by atoms with Crippen LogP contribution in [0.3, 0.4) is 0 Å². The van der Waals surface area contributed by atoms with Gasteiger partial charge in [-0.1, -0.05) is 26.0 Å². The zero-order valence-corrected chi connectivity index (χ0v) is 14.6. The number of hydrogen-bond donors (Lipinski definition) is 2. The maximum absolute atomic E-state index is 12.5. The van der Waals surface area contributed by atoms with Crippen molar-refractivity contribution in [2.24, 2.45) is 5.92 Å². The Morgan fingerprint density at radius 3 is 2.68 bits per heavy atom. The number of ether oxygens (including phenoxy) is 1. The van der Waals surface area contributed by atoms with Crippen molar-refractivity contribution in [3.8, 4) is 0 Å². The van der Waals surface area contributed by atoms with Gasteiger partial charge in [-0.3, -0.25) is 4.79 Å². The van der Waals surface area contributed by atoms with Crippen LogP contribution in [-0.2, 0) is 4.74 Å². The first kappa shape index (κ1) is 18.4. The van der Waals surface area contributed by atoms with E-state index in [0.717, 1.165) is 6.54 Å². The molecular weight excluding hydrogens is 320 g/mol. The quantitative estimate of drug-likeness (QED) is 0.752. The number of amides is 1. The maximum atomic E-state index is 12.5. The van der Waals surface area contributed by atoms with Gasteiger partial charge >= 0.3 is 5.97 Å². The lowest BCUT2D eigenvalue weighted by atomic mass is 10.1. The Labute approximate surface area is 146 Å². The van der Waals surface area contributed by atoms with Crippen molar-refractivity contribution in [1.82, 2.24) is 9.97 Å². The second-order valence-electron chi connectivity index (χ2n) is 5.78. The molecule has 0 saturated carbocycles. The van der Waals surface area contributed by atoms with E-state index >= 15 is 0 Å². The molecular formula is C18H22N4O3. The molecule has 132 valence electrons. The first-order valence-corrected chi connectivity index (χ1v) is 8.14. The Morgan fingerprint density at radius 2 is 1.96 bits per heavy atom. The lowest BCUT2D eigenvalue weighted by Gasteiger charge is -2.11. The molecule has 1 aromatic carbocycles. The third-order valence-corrected chi connectivity index (χ3v) is 3.26. The summed E-state index contributed by atoms with van der Waals surface area (Å²) in [6.45, 7) is 6.88. The number of carbonyl (C=O) groups excluding carboxylic acids is 2. The molecule has 0 aliphatic carbocycles. The topological polar surface area (TPSA) is 93.2 Å². The van der Waals surface area contributed by atoms with Gasteiger partial charge in [0.1, 0.15) is 17.8 Å². The Kier molecular flexibility index (Phi) is 6.45. The Balaban J connectivity index is 2.15. The summed E-state index contributed by atoms with van der Waals surface area (Å²) in [4.78, 5) is 32.5. The van der Waals surface area contributed by atoms with Gasteiger partial charge in [-0.25, -0.2) is 14.8 Å². The number of para-hydroxylation sites is 1. The molecule has 1 heterocycles. The molecule has 2 rings (SSSR count). The fourth-order valence-corrected chi connectivity index (χ4v) is 2.05. The summed E-state index contributed by atoms with van der Waals surface area (Å²) in [5.41, 5.74) is 0.881. The number of nitrogens with one attached hydrogen (secondary N) is 2. The van der Waals surface area contributed by atoms with Crippen molar-refractivity contribution in [3.63, 3.8) is 0 Å². The van der Waals surface area contributed by atoms with Gasteiger partial charge in [-0.2, -0.15) is 0 Å². The summed E-state index contributed by atoms with van der Waals surface area (Å²) < 4.78 is 5.00. The monoisotopic (exact) mass is 342 g/mol. The van der Waals surface area contributed by atoms with Crippen molar-refractivity contribution < 1.29 is 14.3 Å². The minimum Gasteiger partial charge on any atom is -0.462 e. The van der Waals surface area contributed by atoms with Crippen molar-refractivity contribution in [1.29, 1.82) is 0 Å². The second-order valence-corrected chi connectivity index (χ2v) is 5.78. The third-order valence-electron chi connectivity index (χ3n) is 3.26. The molecule has 2 N–H and O–H groups in total. The molecule has 0 saturated heterocycles. The van der Waals surface area contributed by atoms with Crippen molar-refractivity contribution in [2.75, 3.05) is 23.8 Å². The zero-order valence-electron chi connectivity index (χ0n) is 14.6. The predicted octanol–water partition coefficient (Wildman–Crippen LogP) is 2.97. The van der Waals surface area contributed by atoms with E-state index < -0.39 is 11.9 Å². The van der Waals surface area contributed by atoms with Crippen molar-refractivity contribution in [3.05, 3.63) is 47.9 Å². The summed E-state index contributed by atoms with van der Waals surface area (Å²) in [5, 5.41) is 5.84. The van der Waals surface area contributed by atoms with Crippen LogP contribution in [0, 0.1) is 5.92 Å². The average Bonchev–Trinajstić information content (AvgIpc) is 2.61. The molecule has 7 heteroatoms. The van der Waals surface area contributed by atoms with E-state index in [4.69, 9.17) is 4.74 Å². The van der Waals surface area contributed by atoms with Gasteiger partial charge in [0, 0.05) is 12.6 Å². The molecule has 7 nitrogen and oxygen atoms in total. The SMILES string of the molecule is CCOC(=O)c1ccccc1NC(=O)c1cc(NCC(C)C)ncn1. The number of aromatic nitrogens is 2. The van der Waals surface area contributed by atoms with E-state index in [9.17, 15) is 9.59 Å². The number of nitrogens with zero attached hydrogens (tertiary/aromatic N) is 2. The summed E-state index contributed by atoms with van der Waals surface area (Å²) in [5.74, 6) is 0.114. The second kappa shape index (κ2) is 8.77. The highest BCUT2D eigenvalue weighted by Crippen LogP contribution is 2.17. The minimum absolute atomic E-state index is 0.208. The van der Waals surface area contributed by atoms with Gasteiger partial charge in [0.2, 0.25) is 0 Å². The van der Waals surface area contributed by atoms with Gasteiger partial charge in [0.05, 0.1) is 17.9 Å². The molecule has 2 aromatic rings. The Hall–Kier alpha value is -2.96. The molecule has 0 atom stereocenters. The standard InChI is InChI=1S/C18H22N4O3/c1-4-25-18(24)13-7-5-6-8-14(13)22-17(23)15-9-16(21-11-20-15)19-10-12(2)3/h5-9,11-12H,4,10H2,1-3H3,(H,22,23)(H,19,20,21). The van der Waals surface area contributed by atoms with Crippen molar-refractivity contribution >= 4 is 23.4 Å². The molecule has 1 aromatic heterocycles. The first-order valence-electron chi connectivity index (χ1n) is 8.14. The van der Waals surface area contributed by atoms with Crippen LogP contribution in [0.15, 0.2) is 36.7 Å². The van der Waals surface area contributed by atoms with Crippen molar-refractivity contribution in [2.45, 2.75) is 20.8 Å². The van der Waals surface area contributed by atoms with E-state index in [1.165, 1.54) is 6.33 Å². The Bertz CT molecular complexity index is 747. The normalized spacial score (nSPS) is 10.4. The fourth-order valence-electron chi connectivity index (χ4n) is 2.05. The highest BCUT2D eigenvalue weighted by Gasteiger charge is 2.16. The number of hydrogen-bond acceptors (Lipinski definition) is 6. The van der Waals surface area contributed by atoms with Gasteiger partial charge in [-0.15, -0.1) is 0 Å². The summed E-state index contributed by atoms with van der Waals surface area (Å²) in [7, 11) is 0. The minimum atomic E-state index is -0.486. The number of benzene rings is 1. The Morgan fingerprint density at radius 1 is 1.20 bits per heavy atom. The van der Waals surface area contributed by atoms with Crippen LogP contribution in [0.5, 0.6) is 0 Å². The maximum Gasteiger partial charge on any atom is 0.340 e. The number of carbonyl (C=O) groups is 2. The molecule has 0 aliphatic rings. The van der Waals surface area contributed by atoms with Crippen LogP contribution in [0.4, 0.5) is 11.5 Å². The van der Waals surface area contributed by atoms with E-state index in [-0.39, 0.29) is 12.3 Å². The van der Waals surface area contributed by atoms with Crippen LogP contribution < -0.4 is 10.6 Å². The van der Waals surface area contributed by atoms with Crippen LogP contribution in [0.25, 0.3) is 0 Å². The highest BCUT2D eigenvalue weighted by atomic mass is 16.5. The fraction of sp³-hybridized carbons (Fsp3) is 0.333. The summed E-state index contributed by atoms with van der Waals surface area (Å²) in [6, 6.07) is 8.26. The van der Waals surface area contributed by atoms with Crippen LogP contribution >= 0.6 is 0 Å². The highest BCUT2D eigenvalue weighted by molar-refractivity contribution is 6.07. The predicted molar refractivity (Wildman–Crippen MR) is 95.7 cm³/mol. The van der Waals surface area contributed by atoms with Gasteiger partial charge < -0.3 is 15.4 Å². The van der Waals surface area contributed by atoms with Gasteiger partial charge in [0.25, 0.3) is 5.91 Å². The van der Waals surface area contributed by atoms with Crippen LogP contribution in [0.1, 0.15) is 41.6 Å². The molecule has 0 unspecified atom stereocenters. The van der Waals surface area contributed by atoms with E-state index in [2.05, 4.69) is 34.4 Å². The lowest BCUT2D eigenvalue weighted by Crippen LogP contribution is -2.18. The zero-order chi connectivity index (χ0) is 18.2. The van der Waals surface area contributed by atoms with E-state index in [0.29, 0.717) is 23.0 Å². The van der Waals surface area contributed by atoms with E-state index in [1.807, 2.05) is 0 Å². The lowest BCUT2D eigenvalue weighted by molar-refractivity contribution is 0.0527. The smallest absolute Gasteiger partial charge is 0.340 e. The summed E-state index contributed by atoms with van der Waals surface area (Å²) in [6.07, 6.45) is 1.33. The number of rotatable bonds is 7. The summed E-state index contributed by atoms with van der Waals surface area (Å²) >= 11 is 0. The largest absolute Gasteiger partial charge is 0.462 e. The first-order chi connectivity index (χ1) is 12.0. The van der Waals surface area contributed by atoms with Crippen LogP contribution in [-0.4, -0.2) is 35.0 Å². The molecule has 0 bridgehead atoms. The molecule has 0 radical (unpaired) electrons. The average molecular weight is 342 g/mol. The number of anilines is 2. The van der Waals surface area contributed by atoms with Crippen LogP contribution in [0.2, 0.25) is 0 Å². The van der Waals surface area contributed by atoms with E-state index in [1.54, 1.807) is 37.3 Å². The molecule has 0 spiro atoms. The third kappa shape index (κ3) is 5.27. The van der Waals surface area contributed by atoms with Gasteiger partial charge in [-0.05, 0) is 25.0 Å². The number of esters is 1. The van der Waals surface area contributed by atoms with Gasteiger partial charge in [0.15, 0.2) is 0 Å².